The minimum atomic E-state index is 0.884. The van der Waals surface area contributed by atoms with Gasteiger partial charge in [-0.25, -0.2) is 0 Å². The molecular formula is C18H22N2. The Kier molecular flexibility index (Phi) is 4.14. The zero-order valence-electron chi connectivity index (χ0n) is 12.6. The highest BCUT2D eigenvalue weighted by Crippen LogP contribution is 2.17. The van der Waals surface area contributed by atoms with Crippen LogP contribution in [0.5, 0.6) is 0 Å². The molecule has 0 saturated carbocycles. The summed E-state index contributed by atoms with van der Waals surface area (Å²) in [6, 6.07) is 12.5. The van der Waals surface area contributed by atoms with Gasteiger partial charge < -0.3 is 10.7 Å². The summed E-state index contributed by atoms with van der Waals surface area (Å²) in [4.78, 5) is 3.23. The van der Waals surface area contributed by atoms with Crippen molar-refractivity contribution in [1.29, 1.82) is 0 Å². The fourth-order valence-electron chi connectivity index (χ4n) is 2.15. The molecule has 0 aliphatic rings. The van der Waals surface area contributed by atoms with Crippen molar-refractivity contribution in [2.45, 2.75) is 27.7 Å². The maximum absolute atomic E-state index is 5.62. The van der Waals surface area contributed by atoms with Crippen molar-refractivity contribution in [3.05, 3.63) is 64.8 Å². The molecule has 0 radical (unpaired) electrons. The Morgan fingerprint density at radius 3 is 2.10 bits per heavy atom. The lowest BCUT2D eigenvalue weighted by atomic mass is 10.1. The second-order valence-corrected chi connectivity index (χ2v) is 5.38. The van der Waals surface area contributed by atoms with E-state index in [1.807, 2.05) is 32.2 Å². The number of nitrogens with one attached hydrogen (secondary N) is 1. The Balaban J connectivity index is 0.000000151. The van der Waals surface area contributed by atoms with E-state index in [-0.39, 0.29) is 0 Å². The number of anilines is 1. The summed E-state index contributed by atoms with van der Waals surface area (Å²) in [5.74, 6) is 0. The summed E-state index contributed by atoms with van der Waals surface area (Å²) in [7, 11) is 0. The number of aromatic nitrogens is 1. The van der Waals surface area contributed by atoms with Gasteiger partial charge in [0.1, 0.15) is 0 Å². The molecule has 3 rings (SSSR count). The number of fused-ring (bicyclic) bond motifs is 1. The number of aromatic amines is 1. The third-order valence-electron chi connectivity index (χ3n) is 3.48. The molecule has 0 unspecified atom stereocenters. The molecule has 0 bridgehead atoms. The number of H-pyrrole nitrogens is 1. The molecule has 0 aliphatic carbocycles. The predicted molar refractivity (Wildman–Crippen MR) is 88.1 cm³/mol. The van der Waals surface area contributed by atoms with Gasteiger partial charge in [0.25, 0.3) is 0 Å². The number of rotatable bonds is 0. The van der Waals surface area contributed by atoms with E-state index < -0.39 is 0 Å². The van der Waals surface area contributed by atoms with E-state index in [0.717, 1.165) is 11.3 Å². The lowest BCUT2D eigenvalue weighted by Gasteiger charge is -1.98. The number of benzene rings is 2. The lowest BCUT2D eigenvalue weighted by Crippen LogP contribution is -1.88. The van der Waals surface area contributed by atoms with E-state index in [1.165, 1.54) is 27.6 Å². The van der Waals surface area contributed by atoms with Gasteiger partial charge in [-0.1, -0.05) is 24.3 Å². The van der Waals surface area contributed by atoms with Crippen LogP contribution in [0, 0.1) is 27.7 Å². The van der Waals surface area contributed by atoms with Crippen molar-refractivity contribution in [2.75, 3.05) is 5.73 Å². The number of nitrogens with two attached hydrogens (primary N) is 1. The molecule has 104 valence electrons. The molecule has 3 N–H and O–H groups in total. The Morgan fingerprint density at radius 1 is 0.800 bits per heavy atom. The molecule has 3 aromatic rings. The van der Waals surface area contributed by atoms with Gasteiger partial charge in [0.2, 0.25) is 0 Å². The topological polar surface area (TPSA) is 41.8 Å². The van der Waals surface area contributed by atoms with Gasteiger partial charge in [0, 0.05) is 22.8 Å². The Labute approximate surface area is 120 Å². The minimum absolute atomic E-state index is 0.884. The summed E-state index contributed by atoms with van der Waals surface area (Å²) in [5.41, 5.74) is 12.7. The second kappa shape index (κ2) is 5.83. The quantitative estimate of drug-likeness (QED) is 0.570. The average Bonchev–Trinajstić information content (AvgIpc) is 2.76. The second-order valence-electron chi connectivity index (χ2n) is 5.38. The fourth-order valence-corrected chi connectivity index (χ4v) is 2.15. The van der Waals surface area contributed by atoms with E-state index in [2.05, 4.69) is 43.1 Å². The van der Waals surface area contributed by atoms with Gasteiger partial charge in [0.05, 0.1) is 0 Å². The highest BCUT2D eigenvalue weighted by molar-refractivity contribution is 5.83. The Hall–Kier alpha value is -2.22. The van der Waals surface area contributed by atoms with Crippen molar-refractivity contribution in [2.24, 2.45) is 0 Å². The van der Waals surface area contributed by atoms with Crippen LogP contribution in [0.25, 0.3) is 10.9 Å². The van der Waals surface area contributed by atoms with Gasteiger partial charge in [-0.3, -0.25) is 0 Å². The van der Waals surface area contributed by atoms with E-state index >= 15 is 0 Å². The SMILES string of the molecule is Cc1ccc(C)c(N)c1.Cc1ccc2c(C)c[nH]c2c1. The van der Waals surface area contributed by atoms with Crippen molar-refractivity contribution >= 4 is 16.6 Å². The van der Waals surface area contributed by atoms with Crippen LogP contribution in [0.15, 0.2) is 42.6 Å². The molecule has 0 atom stereocenters. The van der Waals surface area contributed by atoms with E-state index in [4.69, 9.17) is 5.73 Å². The van der Waals surface area contributed by atoms with Crippen LogP contribution in [0.2, 0.25) is 0 Å². The zero-order chi connectivity index (χ0) is 14.7. The van der Waals surface area contributed by atoms with Crippen molar-refractivity contribution in [3.8, 4) is 0 Å². The standard InChI is InChI=1S/C10H11N.C8H11N/c1-7-3-4-9-8(2)6-11-10(9)5-7;1-6-3-4-7(2)8(9)5-6/h3-6,11H,1-2H3;3-5H,9H2,1-2H3. The summed E-state index contributed by atoms with van der Waals surface area (Å²) in [5, 5.41) is 1.33. The van der Waals surface area contributed by atoms with Crippen LogP contribution in [-0.4, -0.2) is 4.98 Å². The largest absolute Gasteiger partial charge is 0.399 e. The van der Waals surface area contributed by atoms with Gasteiger partial charge in [-0.2, -0.15) is 0 Å². The molecule has 0 fully saturated rings. The van der Waals surface area contributed by atoms with Gasteiger partial charge in [0.15, 0.2) is 0 Å². The highest BCUT2D eigenvalue weighted by atomic mass is 14.7. The monoisotopic (exact) mass is 266 g/mol. The van der Waals surface area contributed by atoms with Crippen LogP contribution in [0.4, 0.5) is 5.69 Å². The number of aryl methyl sites for hydroxylation is 4. The van der Waals surface area contributed by atoms with Crippen LogP contribution < -0.4 is 5.73 Å². The average molecular weight is 266 g/mol. The van der Waals surface area contributed by atoms with E-state index in [1.54, 1.807) is 0 Å². The van der Waals surface area contributed by atoms with Crippen LogP contribution in [0.1, 0.15) is 22.3 Å². The fraction of sp³-hybridized carbons (Fsp3) is 0.222. The molecule has 0 saturated heterocycles. The smallest absolute Gasteiger partial charge is 0.0459 e. The number of hydrogen-bond acceptors (Lipinski definition) is 1. The summed E-state index contributed by atoms with van der Waals surface area (Å²) < 4.78 is 0. The molecular weight excluding hydrogens is 244 g/mol. The predicted octanol–water partition coefficient (Wildman–Crippen LogP) is 4.67. The molecule has 1 heterocycles. The molecule has 0 amide bonds. The van der Waals surface area contributed by atoms with Crippen LogP contribution in [-0.2, 0) is 0 Å². The molecule has 0 aliphatic heterocycles. The zero-order valence-corrected chi connectivity index (χ0v) is 12.6. The summed E-state index contributed by atoms with van der Waals surface area (Å²) in [6.07, 6.45) is 2.05. The first-order valence-electron chi connectivity index (χ1n) is 6.84. The summed E-state index contributed by atoms with van der Waals surface area (Å²) in [6.45, 7) is 8.27. The van der Waals surface area contributed by atoms with Gasteiger partial charge >= 0.3 is 0 Å². The van der Waals surface area contributed by atoms with Crippen LogP contribution >= 0.6 is 0 Å². The third-order valence-corrected chi connectivity index (χ3v) is 3.48. The highest BCUT2D eigenvalue weighted by Gasteiger charge is 1.97. The third kappa shape index (κ3) is 3.21. The maximum atomic E-state index is 5.62. The molecule has 2 heteroatoms. The van der Waals surface area contributed by atoms with E-state index in [9.17, 15) is 0 Å². The van der Waals surface area contributed by atoms with Gasteiger partial charge in [-0.15, -0.1) is 0 Å². The molecule has 0 spiro atoms. The minimum Gasteiger partial charge on any atom is -0.399 e. The first kappa shape index (κ1) is 14.2. The van der Waals surface area contributed by atoms with Crippen molar-refractivity contribution in [1.82, 2.24) is 4.98 Å². The number of nitrogen functional groups attached to an aromatic ring is 1. The lowest BCUT2D eigenvalue weighted by molar-refractivity contribution is 1.40. The first-order valence-corrected chi connectivity index (χ1v) is 6.84. The molecule has 20 heavy (non-hydrogen) atoms. The molecule has 1 aromatic heterocycles. The first-order chi connectivity index (χ1) is 9.47. The summed E-state index contributed by atoms with van der Waals surface area (Å²) >= 11 is 0. The van der Waals surface area contributed by atoms with Gasteiger partial charge in [-0.05, 0) is 62.1 Å². The van der Waals surface area contributed by atoms with E-state index in [0.29, 0.717) is 0 Å². The number of hydrogen-bond donors (Lipinski definition) is 2. The maximum Gasteiger partial charge on any atom is 0.0459 e. The Bertz CT molecular complexity index is 723. The molecule has 2 aromatic carbocycles. The normalized spacial score (nSPS) is 10.2. The Morgan fingerprint density at radius 2 is 1.45 bits per heavy atom. The van der Waals surface area contributed by atoms with Crippen molar-refractivity contribution in [3.63, 3.8) is 0 Å². The molecule has 2 nitrogen and oxygen atoms in total. The van der Waals surface area contributed by atoms with Crippen molar-refractivity contribution < 1.29 is 0 Å². The van der Waals surface area contributed by atoms with Crippen LogP contribution in [0.3, 0.4) is 0 Å².